The van der Waals surface area contributed by atoms with Gasteiger partial charge < -0.3 is 21.3 Å². The van der Waals surface area contributed by atoms with E-state index in [1.54, 1.807) is 20.8 Å². The van der Waals surface area contributed by atoms with E-state index in [1.165, 1.54) is 0 Å². The second-order valence-corrected chi connectivity index (χ2v) is 4.46. The molecule has 0 aromatic rings. The number of carbonyl (C=O) groups is 2. The Bertz CT molecular complexity index is 231. The number of aliphatic hydroxyl groups is 1. The SMILES string of the molecule is CC(C)(C)C(O)C(CC(N)=O)OC(N)=O. The smallest absolute Gasteiger partial charge is 0.404 e. The van der Waals surface area contributed by atoms with Crippen molar-refractivity contribution in [1.82, 2.24) is 0 Å². The average molecular weight is 218 g/mol. The Morgan fingerprint density at radius 2 is 1.80 bits per heavy atom. The second kappa shape index (κ2) is 4.97. The summed E-state index contributed by atoms with van der Waals surface area (Å²) in [4.78, 5) is 21.3. The number of amides is 2. The van der Waals surface area contributed by atoms with Crippen molar-refractivity contribution in [2.45, 2.75) is 39.4 Å². The van der Waals surface area contributed by atoms with Gasteiger partial charge in [0.05, 0.1) is 12.5 Å². The molecule has 0 radical (unpaired) electrons. The molecule has 6 nitrogen and oxygen atoms in total. The normalized spacial score (nSPS) is 15.5. The maximum atomic E-state index is 10.7. The zero-order valence-electron chi connectivity index (χ0n) is 9.19. The number of nitrogens with two attached hydrogens (primary N) is 2. The Kier molecular flexibility index (Phi) is 4.54. The lowest BCUT2D eigenvalue weighted by molar-refractivity contribution is -0.123. The summed E-state index contributed by atoms with van der Waals surface area (Å²) in [5.74, 6) is -0.662. The minimum Gasteiger partial charge on any atom is -0.443 e. The van der Waals surface area contributed by atoms with Gasteiger partial charge in [-0.05, 0) is 5.41 Å². The van der Waals surface area contributed by atoms with E-state index in [0.717, 1.165) is 0 Å². The highest BCUT2D eigenvalue weighted by Crippen LogP contribution is 2.24. The van der Waals surface area contributed by atoms with Crippen molar-refractivity contribution in [3.63, 3.8) is 0 Å². The Balaban J connectivity index is 4.61. The highest BCUT2D eigenvalue weighted by Gasteiger charge is 2.33. The third kappa shape index (κ3) is 5.21. The first-order valence-electron chi connectivity index (χ1n) is 4.57. The summed E-state index contributed by atoms with van der Waals surface area (Å²) in [7, 11) is 0. The van der Waals surface area contributed by atoms with Gasteiger partial charge in [0.2, 0.25) is 5.91 Å². The molecule has 0 bridgehead atoms. The summed E-state index contributed by atoms with van der Waals surface area (Å²) < 4.78 is 4.64. The molecule has 0 heterocycles. The zero-order chi connectivity index (χ0) is 12.2. The van der Waals surface area contributed by atoms with E-state index in [0.29, 0.717) is 0 Å². The highest BCUT2D eigenvalue weighted by molar-refractivity contribution is 5.75. The van der Waals surface area contributed by atoms with Crippen LogP contribution < -0.4 is 11.5 Å². The number of hydrogen-bond acceptors (Lipinski definition) is 4. The lowest BCUT2D eigenvalue weighted by Gasteiger charge is -2.31. The van der Waals surface area contributed by atoms with Gasteiger partial charge in [-0.3, -0.25) is 4.79 Å². The molecule has 0 aliphatic carbocycles. The molecule has 2 amide bonds. The molecule has 0 aliphatic heterocycles. The minimum absolute atomic E-state index is 0.249. The molecule has 0 fully saturated rings. The Morgan fingerprint density at radius 1 is 1.33 bits per heavy atom. The van der Waals surface area contributed by atoms with Gasteiger partial charge in [0.25, 0.3) is 0 Å². The fraction of sp³-hybridized carbons (Fsp3) is 0.778. The molecule has 15 heavy (non-hydrogen) atoms. The standard InChI is InChI=1S/C9H18N2O4/c1-9(2,3)7(13)5(4-6(10)12)15-8(11)14/h5,7,13H,4H2,1-3H3,(H2,10,12)(H2,11,14). The van der Waals surface area contributed by atoms with Gasteiger partial charge in [-0.25, -0.2) is 4.79 Å². The molecule has 0 aliphatic rings. The van der Waals surface area contributed by atoms with Gasteiger partial charge in [0.1, 0.15) is 6.10 Å². The van der Waals surface area contributed by atoms with E-state index >= 15 is 0 Å². The largest absolute Gasteiger partial charge is 0.443 e. The van der Waals surface area contributed by atoms with Crippen LogP contribution in [0.5, 0.6) is 0 Å². The molecule has 0 spiro atoms. The molecule has 0 saturated carbocycles. The number of aliphatic hydroxyl groups excluding tert-OH is 1. The number of ether oxygens (including phenoxy) is 1. The van der Waals surface area contributed by atoms with Gasteiger partial charge in [-0.2, -0.15) is 0 Å². The first-order chi connectivity index (χ1) is 6.64. The topological polar surface area (TPSA) is 116 Å². The summed E-state index contributed by atoms with van der Waals surface area (Å²) in [5, 5.41) is 9.80. The Labute approximate surface area is 88.6 Å². The third-order valence-electron chi connectivity index (χ3n) is 1.91. The molecule has 0 rings (SSSR count). The van der Waals surface area contributed by atoms with Crippen LogP contribution in [-0.4, -0.2) is 29.3 Å². The number of carbonyl (C=O) groups excluding carboxylic acids is 2. The fourth-order valence-electron chi connectivity index (χ4n) is 1.12. The predicted octanol–water partition coefficient (Wildman–Crippen LogP) is -0.267. The van der Waals surface area contributed by atoms with Crippen LogP contribution in [-0.2, 0) is 9.53 Å². The van der Waals surface area contributed by atoms with E-state index in [2.05, 4.69) is 4.74 Å². The second-order valence-electron chi connectivity index (χ2n) is 4.46. The first kappa shape index (κ1) is 13.7. The van der Waals surface area contributed by atoms with Crippen molar-refractivity contribution in [3.05, 3.63) is 0 Å². The van der Waals surface area contributed by atoms with E-state index in [9.17, 15) is 14.7 Å². The van der Waals surface area contributed by atoms with Crippen molar-refractivity contribution in [3.8, 4) is 0 Å². The van der Waals surface area contributed by atoms with E-state index in [4.69, 9.17) is 11.5 Å². The lowest BCUT2D eigenvalue weighted by Crippen LogP contribution is -2.43. The summed E-state index contributed by atoms with van der Waals surface area (Å²) in [6.07, 6.45) is -3.29. The quantitative estimate of drug-likeness (QED) is 0.602. The molecule has 6 heteroatoms. The molecule has 2 unspecified atom stereocenters. The summed E-state index contributed by atoms with van der Waals surface area (Å²) >= 11 is 0. The lowest BCUT2D eigenvalue weighted by atomic mass is 9.85. The predicted molar refractivity (Wildman–Crippen MR) is 53.7 cm³/mol. The summed E-state index contributed by atoms with van der Waals surface area (Å²) in [5.41, 5.74) is 9.26. The number of primary amides is 2. The van der Waals surface area contributed by atoms with E-state index in [-0.39, 0.29) is 6.42 Å². The first-order valence-corrected chi connectivity index (χ1v) is 4.57. The maximum Gasteiger partial charge on any atom is 0.404 e. The number of rotatable bonds is 4. The molecule has 5 N–H and O–H groups in total. The molecule has 0 saturated heterocycles. The third-order valence-corrected chi connectivity index (χ3v) is 1.91. The van der Waals surface area contributed by atoms with Crippen molar-refractivity contribution in [2.24, 2.45) is 16.9 Å². The van der Waals surface area contributed by atoms with Crippen molar-refractivity contribution < 1.29 is 19.4 Å². The molecule has 0 aromatic heterocycles. The zero-order valence-corrected chi connectivity index (χ0v) is 9.19. The Hall–Kier alpha value is -1.30. The van der Waals surface area contributed by atoms with Crippen LogP contribution in [0.2, 0.25) is 0 Å². The van der Waals surface area contributed by atoms with Gasteiger partial charge in [-0.15, -0.1) is 0 Å². The average Bonchev–Trinajstić information content (AvgIpc) is 1.98. The van der Waals surface area contributed by atoms with Crippen molar-refractivity contribution in [2.75, 3.05) is 0 Å². The molecule has 2 atom stereocenters. The molecule has 88 valence electrons. The van der Waals surface area contributed by atoms with Crippen LogP contribution in [0.1, 0.15) is 27.2 Å². The van der Waals surface area contributed by atoms with Gasteiger partial charge >= 0.3 is 6.09 Å². The Morgan fingerprint density at radius 3 is 2.07 bits per heavy atom. The monoisotopic (exact) mass is 218 g/mol. The van der Waals surface area contributed by atoms with Crippen LogP contribution in [0.4, 0.5) is 4.79 Å². The van der Waals surface area contributed by atoms with Gasteiger partial charge in [0.15, 0.2) is 0 Å². The fourth-order valence-corrected chi connectivity index (χ4v) is 1.12. The molecule has 0 aromatic carbocycles. The van der Waals surface area contributed by atoms with E-state index < -0.39 is 29.6 Å². The maximum absolute atomic E-state index is 10.7. The van der Waals surface area contributed by atoms with Crippen LogP contribution in [0.15, 0.2) is 0 Å². The van der Waals surface area contributed by atoms with Crippen LogP contribution >= 0.6 is 0 Å². The number of hydrogen-bond donors (Lipinski definition) is 3. The van der Waals surface area contributed by atoms with Gasteiger partial charge in [0, 0.05) is 0 Å². The minimum atomic E-state index is -1.04. The van der Waals surface area contributed by atoms with E-state index in [1.807, 2.05) is 0 Å². The molecular weight excluding hydrogens is 200 g/mol. The van der Waals surface area contributed by atoms with Gasteiger partial charge in [-0.1, -0.05) is 20.8 Å². The summed E-state index contributed by atoms with van der Waals surface area (Å²) in [6.45, 7) is 5.24. The van der Waals surface area contributed by atoms with Crippen molar-refractivity contribution in [1.29, 1.82) is 0 Å². The van der Waals surface area contributed by atoms with Crippen molar-refractivity contribution >= 4 is 12.0 Å². The summed E-state index contributed by atoms with van der Waals surface area (Å²) in [6, 6.07) is 0. The highest BCUT2D eigenvalue weighted by atomic mass is 16.6. The van der Waals surface area contributed by atoms with Crippen LogP contribution in [0.25, 0.3) is 0 Å². The molecular formula is C9H18N2O4. The van der Waals surface area contributed by atoms with Crippen LogP contribution in [0.3, 0.4) is 0 Å². The van der Waals surface area contributed by atoms with Crippen LogP contribution in [0, 0.1) is 5.41 Å².